The van der Waals surface area contributed by atoms with E-state index < -0.39 is 11.6 Å². The van der Waals surface area contributed by atoms with Crippen LogP contribution in [0.1, 0.15) is 37.7 Å². The summed E-state index contributed by atoms with van der Waals surface area (Å²) in [7, 11) is 0. The van der Waals surface area contributed by atoms with E-state index in [1.807, 2.05) is 0 Å². The first kappa shape index (κ1) is 12.6. The molecule has 1 amide bonds. The molecule has 3 rings (SSSR count). The molecule has 2 aliphatic carbocycles. The molecule has 102 valence electrons. The van der Waals surface area contributed by atoms with Crippen molar-refractivity contribution >= 4 is 5.91 Å². The Kier molecular flexibility index (Phi) is 3.25. The fourth-order valence-electron chi connectivity index (χ4n) is 2.50. The summed E-state index contributed by atoms with van der Waals surface area (Å²) in [4.78, 5) is 14.1. The molecule has 19 heavy (non-hydrogen) atoms. The molecule has 0 aliphatic heterocycles. The Morgan fingerprint density at radius 3 is 2.47 bits per heavy atom. The van der Waals surface area contributed by atoms with E-state index in [1.54, 1.807) is 4.90 Å². The second kappa shape index (κ2) is 4.91. The minimum Gasteiger partial charge on any atom is -0.335 e. The molecule has 0 heterocycles. The molecule has 1 aromatic rings. The second-order valence-electron chi connectivity index (χ2n) is 5.56. The first-order chi connectivity index (χ1) is 9.15. The fraction of sp³-hybridized carbons (Fsp3) is 0.533. The van der Waals surface area contributed by atoms with Crippen LogP contribution >= 0.6 is 0 Å². The Bertz CT molecular complexity index is 495. The molecule has 0 radical (unpaired) electrons. The minimum absolute atomic E-state index is 0.129. The second-order valence-corrected chi connectivity index (χ2v) is 5.56. The monoisotopic (exact) mass is 265 g/mol. The van der Waals surface area contributed by atoms with Crippen molar-refractivity contribution in [3.05, 3.63) is 35.4 Å². The molecule has 0 saturated heterocycles. The lowest BCUT2D eigenvalue weighted by molar-refractivity contribution is -0.139. The average molecular weight is 265 g/mol. The van der Waals surface area contributed by atoms with Gasteiger partial charge in [-0.1, -0.05) is 12.5 Å². The van der Waals surface area contributed by atoms with E-state index in [9.17, 15) is 13.6 Å². The van der Waals surface area contributed by atoms with Crippen LogP contribution in [0.5, 0.6) is 0 Å². The van der Waals surface area contributed by atoms with Crippen LogP contribution in [0.15, 0.2) is 18.2 Å². The van der Waals surface area contributed by atoms with Gasteiger partial charge in [0.25, 0.3) is 0 Å². The maximum atomic E-state index is 13.7. The molecule has 0 bridgehead atoms. The first-order valence-electron chi connectivity index (χ1n) is 6.89. The van der Waals surface area contributed by atoms with Crippen LogP contribution in [0.25, 0.3) is 0 Å². The number of benzene rings is 1. The molecule has 2 fully saturated rings. The molecule has 2 aliphatic rings. The highest BCUT2D eigenvalue weighted by Crippen LogP contribution is 2.35. The van der Waals surface area contributed by atoms with Gasteiger partial charge in [-0.15, -0.1) is 0 Å². The van der Waals surface area contributed by atoms with Crippen molar-refractivity contribution in [2.45, 2.75) is 44.7 Å². The summed E-state index contributed by atoms with van der Waals surface area (Å²) in [6.45, 7) is 0.270. The van der Waals surface area contributed by atoms with Crippen LogP contribution in [0.2, 0.25) is 0 Å². The highest BCUT2D eigenvalue weighted by Gasteiger charge is 2.37. The molecule has 0 spiro atoms. The Hall–Kier alpha value is -1.45. The SMILES string of the molecule is O=C(C1CCC1)N(Cc1ccc(F)cc1F)C1CC1. The maximum Gasteiger partial charge on any atom is 0.226 e. The number of nitrogens with zero attached hydrogens (tertiary/aromatic N) is 1. The molecule has 0 unspecified atom stereocenters. The lowest BCUT2D eigenvalue weighted by atomic mass is 9.84. The average Bonchev–Trinajstić information content (AvgIpc) is 3.09. The van der Waals surface area contributed by atoms with Gasteiger partial charge in [-0.3, -0.25) is 4.79 Å². The van der Waals surface area contributed by atoms with Gasteiger partial charge >= 0.3 is 0 Å². The van der Waals surface area contributed by atoms with Crippen LogP contribution in [0.4, 0.5) is 8.78 Å². The number of carbonyl (C=O) groups is 1. The summed E-state index contributed by atoms with van der Waals surface area (Å²) < 4.78 is 26.6. The van der Waals surface area contributed by atoms with Gasteiger partial charge in [-0.2, -0.15) is 0 Å². The molecule has 0 atom stereocenters. The molecule has 4 heteroatoms. The molecular weight excluding hydrogens is 248 g/mol. The van der Waals surface area contributed by atoms with Crippen molar-refractivity contribution in [2.24, 2.45) is 5.92 Å². The van der Waals surface area contributed by atoms with Gasteiger partial charge < -0.3 is 4.90 Å². The van der Waals surface area contributed by atoms with Gasteiger partial charge in [0.05, 0.1) is 0 Å². The molecule has 2 nitrogen and oxygen atoms in total. The summed E-state index contributed by atoms with van der Waals surface area (Å²) in [6.07, 6.45) is 5.02. The van der Waals surface area contributed by atoms with Crippen LogP contribution in [0.3, 0.4) is 0 Å². The predicted octanol–water partition coefficient (Wildman–Crippen LogP) is 3.26. The standard InChI is InChI=1S/C15H17F2NO/c16-12-5-4-11(14(17)8-12)9-18(13-6-7-13)15(19)10-2-1-3-10/h4-5,8,10,13H,1-3,6-7,9H2. The van der Waals surface area contributed by atoms with Crippen molar-refractivity contribution in [1.82, 2.24) is 4.90 Å². The van der Waals surface area contributed by atoms with Crippen molar-refractivity contribution in [1.29, 1.82) is 0 Å². The Morgan fingerprint density at radius 2 is 1.95 bits per heavy atom. The molecular formula is C15H17F2NO. The Balaban J connectivity index is 1.75. The number of hydrogen-bond acceptors (Lipinski definition) is 1. The zero-order valence-electron chi connectivity index (χ0n) is 10.7. The van der Waals surface area contributed by atoms with E-state index in [1.165, 1.54) is 12.1 Å². The quantitative estimate of drug-likeness (QED) is 0.818. The van der Waals surface area contributed by atoms with Crippen LogP contribution < -0.4 is 0 Å². The maximum absolute atomic E-state index is 13.7. The summed E-state index contributed by atoms with van der Waals surface area (Å²) in [6, 6.07) is 3.83. The molecule has 2 saturated carbocycles. The van der Waals surface area contributed by atoms with Crippen LogP contribution in [-0.2, 0) is 11.3 Å². The predicted molar refractivity (Wildman–Crippen MR) is 67.3 cm³/mol. The van der Waals surface area contributed by atoms with Crippen LogP contribution in [0, 0.1) is 17.6 Å². The number of rotatable bonds is 4. The summed E-state index contributed by atoms with van der Waals surface area (Å²) >= 11 is 0. The summed E-state index contributed by atoms with van der Waals surface area (Å²) in [5, 5.41) is 0. The van der Waals surface area contributed by atoms with Crippen molar-refractivity contribution in [3.8, 4) is 0 Å². The van der Waals surface area contributed by atoms with Gasteiger partial charge in [-0.25, -0.2) is 8.78 Å². The third kappa shape index (κ3) is 2.62. The van der Waals surface area contributed by atoms with E-state index in [0.717, 1.165) is 38.2 Å². The van der Waals surface area contributed by atoms with Crippen LogP contribution in [-0.4, -0.2) is 16.8 Å². The van der Waals surface area contributed by atoms with E-state index in [4.69, 9.17) is 0 Å². The fourth-order valence-corrected chi connectivity index (χ4v) is 2.50. The van der Waals surface area contributed by atoms with E-state index in [0.29, 0.717) is 5.56 Å². The Labute approximate surface area is 111 Å². The van der Waals surface area contributed by atoms with Crippen molar-refractivity contribution in [3.63, 3.8) is 0 Å². The van der Waals surface area contributed by atoms with E-state index in [-0.39, 0.29) is 24.4 Å². The van der Waals surface area contributed by atoms with Gasteiger partial charge in [-0.05, 0) is 31.7 Å². The number of amides is 1. The van der Waals surface area contributed by atoms with Gasteiger partial charge in [0, 0.05) is 30.1 Å². The lowest BCUT2D eigenvalue weighted by Gasteiger charge is -2.32. The van der Waals surface area contributed by atoms with Gasteiger partial charge in [0.15, 0.2) is 0 Å². The third-order valence-corrected chi connectivity index (χ3v) is 4.08. The zero-order chi connectivity index (χ0) is 13.4. The molecule has 0 N–H and O–H groups in total. The largest absolute Gasteiger partial charge is 0.335 e. The highest BCUT2D eigenvalue weighted by atomic mass is 19.1. The summed E-state index contributed by atoms with van der Waals surface area (Å²) in [5.74, 6) is -0.863. The van der Waals surface area contributed by atoms with Crippen molar-refractivity contribution < 1.29 is 13.6 Å². The highest BCUT2D eigenvalue weighted by molar-refractivity contribution is 5.80. The van der Waals surface area contributed by atoms with E-state index in [2.05, 4.69) is 0 Å². The number of carbonyl (C=O) groups excluding carboxylic acids is 1. The molecule has 1 aromatic carbocycles. The Morgan fingerprint density at radius 1 is 1.21 bits per heavy atom. The zero-order valence-corrected chi connectivity index (χ0v) is 10.7. The minimum atomic E-state index is -0.579. The van der Waals surface area contributed by atoms with Gasteiger partial charge in [0.1, 0.15) is 11.6 Å². The number of hydrogen-bond donors (Lipinski definition) is 0. The third-order valence-electron chi connectivity index (χ3n) is 4.08. The smallest absolute Gasteiger partial charge is 0.226 e. The van der Waals surface area contributed by atoms with E-state index >= 15 is 0 Å². The van der Waals surface area contributed by atoms with Gasteiger partial charge in [0.2, 0.25) is 5.91 Å². The lowest BCUT2D eigenvalue weighted by Crippen LogP contribution is -2.40. The normalized spacial score (nSPS) is 19.1. The number of halogens is 2. The first-order valence-corrected chi connectivity index (χ1v) is 6.89. The molecule has 0 aromatic heterocycles. The summed E-state index contributed by atoms with van der Waals surface area (Å²) in [5.41, 5.74) is 0.404. The van der Waals surface area contributed by atoms with Crippen molar-refractivity contribution in [2.75, 3.05) is 0 Å². The topological polar surface area (TPSA) is 20.3 Å².